The number of piperidine rings is 3. The Morgan fingerprint density at radius 2 is 1.58 bits per heavy atom. The lowest BCUT2D eigenvalue weighted by molar-refractivity contribution is -0.134. The number of hydrogen-bond acceptors (Lipinski definition) is 7. The Kier molecular flexibility index (Phi) is 8.30. The van der Waals surface area contributed by atoms with Gasteiger partial charge < -0.3 is 19.8 Å². The summed E-state index contributed by atoms with van der Waals surface area (Å²) in [5, 5.41) is 19.5. The smallest absolute Gasteiger partial charge is 0.413 e. The number of nitrogens with one attached hydrogen (secondary N) is 1. The molecule has 3 aliphatic rings. The Morgan fingerprint density at radius 1 is 1.03 bits per heavy atom. The van der Waals surface area contributed by atoms with Gasteiger partial charge in [-0.1, -0.05) is 23.2 Å². The monoisotopic (exact) mass is 513 g/mol. The van der Waals surface area contributed by atoms with Crippen LogP contribution in [-0.2, 0) is 14.3 Å². The number of carboxylic acids is 2. The fourth-order valence-electron chi connectivity index (χ4n) is 3.64. The van der Waals surface area contributed by atoms with E-state index in [1.54, 1.807) is 23.7 Å². The summed E-state index contributed by atoms with van der Waals surface area (Å²) in [6.07, 6.45) is 3.36. The maximum absolute atomic E-state index is 12.4. The zero-order valence-corrected chi connectivity index (χ0v) is 19.6. The highest BCUT2D eigenvalue weighted by molar-refractivity contribution is 7.13. The average Bonchev–Trinajstić information content (AvgIpc) is 3.21. The van der Waals surface area contributed by atoms with Crippen LogP contribution in [0.2, 0.25) is 10.0 Å². The van der Waals surface area contributed by atoms with Crippen molar-refractivity contribution in [3.63, 3.8) is 0 Å². The fraction of sp³-hybridized carbons (Fsp3) is 0.333. The first-order valence-corrected chi connectivity index (χ1v) is 11.6. The molecular weight excluding hydrogens is 493 g/mol. The summed E-state index contributed by atoms with van der Waals surface area (Å²) < 4.78 is 5.81. The second-order valence-electron chi connectivity index (χ2n) is 7.49. The molecule has 1 amide bonds. The average molecular weight is 514 g/mol. The van der Waals surface area contributed by atoms with Gasteiger partial charge in [-0.05, 0) is 23.8 Å². The molecule has 0 unspecified atom stereocenters. The number of aromatic nitrogens is 1. The number of carbonyl (C=O) groups excluding carboxylic acids is 1. The molecule has 3 N–H and O–H groups in total. The zero-order chi connectivity index (χ0) is 24.0. The first-order valence-electron chi connectivity index (χ1n) is 9.92. The van der Waals surface area contributed by atoms with E-state index < -0.39 is 18.0 Å². The molecule has 2 bridgehead atoms. The van der Waals surface area contributed by atoms with E-state index in [4.69, 9.17) is 38.2 Å². The van der Waals surface area contributed by atoms with Crippen molar-refractivity contribution < 1.29 is 29.3 Å². The van der Waals surface area contributed by atoms with Crippen molar-refractivity contribution in [1.82, 2.24) is 9.88 Å². The molecule has 1 aromatic carbocycles. The summed E-state index contributed by atoms with van der Waals surface area (Å²) in [5.74, 6) is -2.04. The van der Waals surface area contributed by atoms with Crippen molar-refractivity contribution in [2.75, 3.05) is 25.0 Å². The van der Waals surface area contributed by atoms with Gasteiger partial charge >= 0.3 is 18.0 Å². The molecule has 0 atom stereocenters. The van der Waals surface area contributed by atoms with Crippen LogP contribution in [0.5, 0.6) is 0 Å². The predicted molar refractivity (Wildman–Crippen MR) is 125 cm³/mol. The van der Waals surface area contributed by atoms with E-state index in [1.807, 2.05) is 0 Å². The van der Waals surface area contributed by atoms with Gasteiger partial charge in [0.2, 0.25) is 0 Å². The number of aliphatic carboxylic acids is 2. The molecule has 0 radical (unpaired) electrons. The number of halogens is 2. The van der Waals surface area contributed by atoms with Gasteiger partial charge in [-0.2, -0.15) is 0 Å². The summed E-state index contributed by atoms with van der Waals surface area (Å²) in [6.45, 7) is 2.99. The van der Waals surface area contributed by atoms with Gasteiger partial charge in [0, 0.05) is 61.1 Å². The Hall–Kier alpha value is -2.66. The van der Waals surface area contributed by atoms with Gasteiger partial charge in [0.05, 0.1) is 10.4 Å². The number of fused-ring (bicyclic) bond motifs is 3. The number of carboxylic acid groups (broad SMARTS) is 2. The highest BCUT2D eigenvalue weighted by Crippen LogP contribution is 2.37. The van der Waals surface area contributed by atoms with Crippen molar-refractivity contribution in [2.24, 2.45) is 0 Å². The molecule has 2 aromatic rings. The lowest BCUT2D eigenvalue weighted by atomic mass is 9.83. The van der Waals surface area contributed by atoms with Crippen LogP contribution in [0.1, 0.15) is 19.3 Å². The van der Waals surface area contributed by atoms with Crippen LogP contribution < -0.4 is 5.32 Å². The highest BCUT2D eigenvalue weighted by Gasteiger charge is 2.42. The second kappa shape index (κ2) is 11.0. The summed E-state index contributed by atoms with van der Waals surface area (Å²) in [6, 6.07) is 5.27. The fourth-order valence-corrected chi connectivity index (χ4v) is 4.89. The standard InChI is InChI=1S/C17H17Cl2N3O2S.C4H4O4/c18-12-7-11(8-13(19)9-12)14-15(20-10-25-14)21-16(23)24-17-1-4-22(5-2-17)6-3-17;5-3(6)1-2-4(7)8/h7-10H,1-6H2,(H,21,23);1-2H,(H,5,6)(H,7,8)/b;2-1+. The van der Waals surface area contributed by atoms with Crippen molar-refractivity contribution in [3.05, 3.63) is 45.9 Å². The molecule has 3 fully saturated rings. The molecule has 4 heterocycles. The summed E-state index contributed by atoms with van der Waals surface area (Å²) in [7, 11) is 0. The topological polar surface area (TPSA) is 129 Å². The van der Waals surface area contributed by atoms with E-state index in [9.17, 15) is 14.4 Å². The van der Waals surface area contributed by atoms with Crippen LogP contribution in [-0.4, -0.2) is 63.4 Å². The highest BCUT2D eigenvalue weighted by atomic mass is 35.5. The van der Waals surface area contributed by atoms with Gasteiger partial charge in [-0.25, -0.2) is 19.4 Å². The number of nitrogens with zero attached hydrogens (tertiary/aromatic N) is 2. The van der Waals surface area contributed by atoms with Gasteiger partial charge in [0.15, 0.2) is 5.82 Å². The maximum Gasteiger partial charge on any atom is 0.413 e. The number of thiazole rings is 1. The van der Waals surface area contributed by atoms with Crippen LogP contribution in [0.15, 0.2) is 35.9 Å². The number of ether oxygens (including phenoxy) is 1. The first kappa shape index (κ1) is 25.0. The van der Waals surface area contributed by atoms with Crippen molar-refractivity contribution in [1.29, 1.82) is 0 Å². The third-order valence-electron chi connectivity index (χ3n) is 5.24. The first-order chi connectivity index (χ1) is 15.7. The summed E-state index contributed by atoms with van der Waals surface area (Å²) >= 11 is 13.6. The number of carbonyl (C=O) groups is 3. The summed E-state index contributed by atoms with van der Waals surface area (Å²) in [4.78, 5) is 39.0. The van der Waals surface area contributed by atoms with Gasteiger partial charge in [-0.15, -0.1) is 11.3 Å². The molecule has 0 spiro atoms. The Bertz CT molecular complexity index is 1020. The van der Waals surface area contributed by atoms with E-state index in [1.165, 1.54) is 11.3 Å². The molecule has 1 aromatic heterocycles. The lowest BCUT2D eigenvalue weighted by Gasteiger charge is -2.47. The minimum atomic E-state index is -1.26. The van der Waals surface area contributed by atoms with Crippen molar-refractivity contribution in [2.45, 2.75) is 24.9 Å². The summed E-state index contributed by atoms with van der Waals surface area (Å²) in [5.41, 5.74) is 2.17. The number of rotatable bonds is 5. The molecule has 0 saturated carbocycles. The van der Waals surface area contributed by atoms with E-state index in [0.717, 1.165) is 49.3 Å². The number of hydrogen-bond donors (Lipinski definition) is 3. The molecule has 3 saturated heterocycles. The lowest BCUT2D eigenvalue weighted by Crippen LogP contribution is -2.54. The molecule has 33 heavy (non-hydrogen) atoms. The van der Waals surface area contributed by atoms with E-state index in [2.05, 4.69) is 15.2 Å². The Balaban J connectivity index is 0.000000331. The normalized spacial score (nSPS) is 21.2. The number of amides is 1. The zero-order valence-electron chi connectivity index (χ0n) is 17.3. The minimum absolute atomic E-state index is 0.325. The number of benzene rings is 1. The van der Waals surface area contributed by atoms with Gasteiger partial charge in [-0.3, -0.25) is 5.32 Å². The maximum atomic E-state index is 12.4. The largest absolute Gasteiger partial charge is 0.478 e. The molecule has 9 nitrogen and oxygen atoms in total. The Morgan fingerprint density at radius 3 is 2.09 bits per heavy atom. The van der Waals surface area contributed by atoms with Crippen LogP contribution in [0.3, 0.4) is 0 Å². The van der Waals surface area contributed by atoms with Crippen molar-refractivity contribution in [3.8, 4) is 10.4 Å². The molecule has 176 valence electrons. The molecule has 3 aliphatic heterocycles. The van der Waals surface area contributed by atoms with E-state index in [-0.39, 0.29) is 5.60 Å². The SMILES string of the molecule is O=C(Nc1ncsc1-c1cc(Cl)cc(Cl)c1)OC12CCN(CC1)CC2.O=C(O)/C=C/C(=O)O. The van der Waals surface area contributed by atoms with E-state index >= 15 is 0 Å². The van der Waals surface area contributed by atoms with Crippen LogP contribution in [0.4, 0.5) is 10.6 Å². The van der Waals surface area contributed by atoms with Crippen molar-refractivity contribution >= 4 is 58.4 Å². The third-order valence-corrected chi connectivity index (χ3v) is 6.55. The third kappa shape index (κ3) is 7.16. The molecule has 5 rings (SSSR count). The van der Waals surface area contributed by atoms with Crippen LogP contribution in [0, 0.1) is 0 Å². The number of anilines is 1. The minimum Gasteiger partial charge on any atom is -0.478 e. The molecule has 12 heteroatoms. The molecule has 0 aliphatic carbocycles. The quantitative estimate of drug-likeness (QED) is 0.494. The second-order valence-corrected chi connectivity index (χ2v) is 9.21. The Labute approximate surface area is 203 Å². The van der Waals surface area contributed by atoms with Gasteiger partial charge in [0.25, 0.3) is 0 Å². The van der Waals surface area contributed by atoms with Crippen LogP contribution in [0.25, 0.3) is 10.4 Å². The van der Waals surface area contributed by atoms with Gasteiger partial charge in [0.1, 0.15) is 5.60 Å². The van der Waals surface area contributed by atoms with Crippen LogP contribution >= 0.6 is 34.5 Å². The molecular formula is C21H21Cl2N3O6S. The predicted octanol–water partition coefficient (Wildman–Crippen LogP) is 4.62. The van der Waals surface area contributed by atoms with E-state index in [0.29, 0.717) is 28.0 Å².